The lowest BCUT2D eigenvalue weighted by Crippen LogP contribution is -2.58. The predicted octanol–water partition coefficient (Wildman–Crippen LogP) is -0.399. The minimum Gasteiger partial charge on any atom is -0.394 e. The molecule has 5 nitrogen and oxygen atoms in total. The number of aliphatic hydroxyl groups is 4. The van der Waals surface area contributed by atoms with Crippen molar-refractivity contribution in [2.75, 3.05) is 6.61 Å². The molecule has 5 atom stereocenters. The first-order valence-corrected chi connectivity index (χ1v) is 6.58. The summed E-state index contributed by atoms with van der Waals surface area (Å²) in [6, 6.07) is 6.09. The van der Waals surface area contributed by atoms with Crippen LogP contribution < -0.4 is 0 Å². The third-order valence-electron chi connectivity index (χ3n) is 3.60. The van der Waals surface area contributed by atoms with E-state index in [9.17, 15) is 19.7 Å². The molecular weight excluding hydrogens is 267 g/mol. The zero-order valence-electron chi connectivity index (χ0n) is 10.9. The van der Waals surface area contributed by atoms with Gasteiger partial charge in [0.2, 0.25) is 0 Å². The van der Waals surface area contributed by atoms with E-state index in [1.54, 1.807) is 12.1 Å². The van der Waals surface area contributed by atoms with E-state index >= 15 is 0 Å². The smallest absolute Gasteiger partial charge is 0.123 e. The van der Waals surface area contributed by atoms with Gasteiger partial charge in [-0.25, -0.2) is 4.39 Å². The number of aryl methyl sites for hydroxylation is 1. The predicted molar refractivity (Wildman–Crippen MR) is 68.5 cm³/mol. The van der Waals surface area contributed by atoms with Crippen LogP contribution in [-0.2, 0) is 11.2 Å². The summed E-state index contributed by atoms with van der Waals surface area (Å²) in [5, 5.41) is 38.3. The van der Waals surface area contributed by atoms with Gasteiger partial charge in [-0.1, -0.05) is 12.1 Å². The maximum atomic E-state index is 13.1. The Balaban J connectivity index is 1.97. The van der Waals surface area contributed by atoms with Crippen molar-refractivity contribution >= 4 is 0 Å². The number of hydrogen-bond acceptors (Lipinski definition) is 5. The number of hydrogen-bond donors (Lipinski definition) is 4. The SMILES string of the molecule is OC[C@H]1OC(CCc2cccc(F)c2)[C@H](O)[C@@H](O)[C@@H]1O. The minimum atomic E-state index is -1.36. The van der Waals surface area contributed by atoms with Crippen LogP contribution in [0.3, 0.4) is 0 Å². The molecule has 0 radical (unpaired) electrons. The summed E-state index contributed by atoms with van der Waals surface area (Å²) in [6.45, 7) is -0.443. The molecular formula is C14H19FO5. The normalized spacial score (nSPS) is 34.1. The van der Waals surface area contributed by atoms with Gasteiger partial charge in [0.1, 0.15) is 30.2 Å². The summed E-state index contributed by atoms with van der Waals surface area (Å²) in [5.74, 6) is -0.337. The second kappa shape index (κ2) is 6.60. The molecule has 6 heteroatoms. The van der Waals surface area contributed by atoms with Gasteiger partial charge in [0.15, 0.2) is 0 Å². The van der Waals surface area contributed by atoms with Gasteiger partial charge in [0.05, 0.1) is 12.7 Å². The molecule has 1 saturated heterocycles. The van der Waals surface area contributed by atoms with Gasteiger partial charge >= 0.3 is 0 Å². The van der Waals surface area contributed by atoms with Gasteiger partial charge in [-0.3, -0.25) is 0 Å². The molecule has 1 heterocycles. The van der Waals surface area contributed by atoms with E-state index in [1.807, 2.05) is 0 Å². The molecule has 4 N–H and O–H groups in total. The Labute approximate surface area is 116 Å². The van der Waals surface area contributed by atoms with Crippen LogP contribution in [0, 0.1) is 5.82 Å². The molecule has 112 valence electrons. The molecule has 0 bridgehead atoms. The lowest BCUT2D eigenvalue weighted by Gasteiger charge is -2.40. The number of ether oxygens (including phenoxy) is 1. The molecule has 0 saturated carbocycles. The Morgan fingerprint density at radius 1 is 1.05 bits per heavy atom. The van der Waals surface area contributed by atoms with E-state index in [2.05, 4.69) is 0 Å². The van der Waals surface area contributed by atoms with Crippen LogP contribution in [0.4, 0.5) is 4.39 Å². The van der Waals surface area contributed by atoms with E-state index in [0.717, 1.165) is 5.56 Å². The highest BCUT2D eigenvalue weighted by molar-refractivity contribution is 5.16. The molecule has 0 aromatic heterocycles. The summed E-state index contributed by atoms with van der Waals surface area (Å²) < 4.78 is 18.4. The Kier molecular flexibility index (Phi) is 5.06. The number of rotatable bonds is 4. The topological polar surface area (TPSA) is 90.2 Å². The van der Waals surface area contributed by atoms with Crippen LogP contribution in [0.25, 0.3) is 0 Å². The molecule has 1 aromatic rings. The molecule has 0 aliphatic carbocycles. The van der Waals surface area contributed by atoms with Crippen LogP contribution in [0.2, 0.25) is 0 Å². The molecule has 0 spiro atoms. The molecule has 1 aliphatic heterocycles. The van der Waals surface area contributed by atoms with Crippen LogP contribution in [0.1, 0.15) is 12.0 Å². The Bertz CT molecular complexity index is 439. The van der Waals surface area contributed by atoms with Gasteiger partial charge in [0, 0.05) is 0 Å². The Morgan fingerprint density at radius 2 is 1.75 bits per heavy atom. The largest absolute Gasteiger partial charge is 0.394 e. The zero-order valence-corrected chi connectivity index (χ0v) is 10.9. The summed E-state index contributed by atoms with van der Waals surface area (Å²) in [6.07, 6.45) is -4.74. The summed E-state index contributed by atoms with van der Waals surface area (Å²) in [5.41, 5.74) is 0.752. The monoisotopic (exact) mass is 286 g/mol. The molecule has 1 aliphatic rings. The van der Waals surface area contributed by atoms with Crippen molar-refractivity contribution in [3.05, 3.63) is 35.6 Å². The van der Waals surface area contributed by atoms with Gasteiger partial charge in [-0.2, -0.15) is 0 Å². The Hall–Kier alpha value is -1.05. The third-order valence-corrected chi connectivity index (χ3v) is 3.60. The van der Waals surface area contributed by atoms with Crippen molar-refractivity contribution in [1.82, 2.24) is 0 Å². The van der Waals surface area contributed by atoms with Crippen molar-refractivity contribution in [2.24, 2.45) is 0 Å². The van der Waals surface area contributed by atoms with Gasteiger partial charge in [-0.05, 0) is 30.5 Å². The maximum Gasteiger partial charge on any atom is 0.123 e. The highest BCUT2D eigenvalue weighted by atomic mass is 19.1. The highest BCUT2D eigenvalue weighted by Crippen LogP contribution is 2.24. The summed E-state index contributed by atoms with van der Waals surface area (Å²) in [7, 11) is 0. The fourth-order valence-electron chi connectivity index (χ4n) is 2.42. The molecule has 20 heavy (non-hydrogen) atoms. The molecule has 2 rings (SSSR count). The molecule has 1 fully saturated rings. The van der Waals surface area contributed by atoms with Crippen molar-refractivity contribution < 1.29 is 29.6 Å². The quantitative estimate of drug-likeness (QED) is 0.605. The van der Waals surface area contributed by atoms with E-state index in [1.165, 1.54) is 12.1 Å². The standard InChI is InChI=1S/C14H19FO5/c15-9-3-1-2-8(6-9)4-5-10-12(17)14(19)13(18)11(7-16)20-10/h1-3,6,10-14,16-19H,4-5,7H2/t10?,11-,12+,13-,14-/m1/s1. The first-order chi connectivity index (χ1) is 9.52. The van der Waals surface area contributed by atoms with Crippen molar-refractivity contribution in [3.8, 4) is 0 Å². The highest BCUT2D eigenvalue weighted by Gasteiger charge is 2.42. The van der Waals surface area contributed by atoms with Gasteiger partial charge in [0.25, 0.3) is 0 Å². The first-order valence-electron chi connectivity index (χ1n) is 6.58. The average Bonchev–Trinajstić information content (AvgIpc) is 2.44. The minimum absolute atomic E-state index is 0.337. The van der Waals surface area contributed by atoms with Gasteiger partial charge in [-0.15, -0.1) is 0 Å². The number of benzene rings is 1. The van der Waals surface area contributed by atoms with Crippen LogP contribution in [-0.4, -0.2) is 57.6 Å². The van der Waals surface area contributed by atoms with Crippen LogP contribution >= 0.6 is 0 Å². The summed E-state index contributed by atoms with van der Waals surface area (Å²) in [4.78, 5) is 0. The van der Waals surface area contributed by atoms with Gasteiger partial charge < -0.3 is 25.2 Å². The fraction of sp³-hybridized carbons (Fsp3) is 0.571. The van der Waals surface area contributed by atoms with Crippen molar-refractivity contribution in [2.45, 2.75) is 43.4 Å². The molecule has 0 amide bonds. The van der Waals surface area contributed by atoms with E-state index in [0.29, 0.717) is 12.8 Å². The second-order valence-corrected chi connectivity index (χ2v) is 5.04. The van der Waals surface area contributed by atoms with Crippen molar-refractivity contribution in [3.63, 3.8) is 0 Å². The van der Waals surface area contributed by atoms with E-state index in [-0.39, 0.29) is 5.82 Å². The summed E-state index contributed by atoms with van der Waals surface area (Å²) >= 11 is 0. The second-order valence-electron chi connectivity index (χ2n) is 5.04. The van der Waals surface area contributed by atoms with Crippen LogP contribution in [0.5, 0.6) is 0 Å². The van der Waals surface area contributed by atoms with Crippen LogP contribution in [0.15, 0.2) is 24.3 Å². The molecule has 1 unspecified atom stereocenters. The van der Waals surface area contributed by atoms with Crippen molar-refractivity contribution in [1.29, 1.82) is 0 Å². The molecule has 1 aromatic carbocycles. The lowest BCUT2D eigenvalue weighted by molar-refractivity contribution is -0.230. The Morgan fingerprint density at radius 3 is 2.40 bits per heavy atom. The lowest BCUT2D eigenvalue weighted by atomic mass is 9.92. The fourth-order valence-corrected chi connectivity index (χ4v) is 2.42. The maximum absolute atomic E-state index is 13.1. The third kappa shape index (κ3) is 3.34. The number of halogens is 1. The average molecular weight is 286 g/mol. The van der Waals surface area contributed by atoms with E-state index < -0.39 is 37.1 Å². The first kappa shape index (κ1) is 15.3. The number of aliphatic hydroxyl groups excluding tert-OH is 4. The zero-order chi connectivity index (χ0) is 14.7. The van der Waals surface area contributed by atoms with E-state index in [4.69, 9.17) is 9.84 Å².